The monoisotopic (exact) mass is 426 g/mol. The second-order valence-electron chi connectivity index (χ2n) is 7.59. The summed E-state index contributed by atoms with van der Waals surface area (Å²) in [7, 11) is -0.320. The van der Waals surface area contributed by atoms with Crippen LogP contribution in [0.4, 0.5) is 0 Å². The number of methoxy groups -OCH3 is 2. The van der Waals surface area contributed by atoms with Crippen molar-refractivity contribution < 1.29 is 27.4 Å². The Hall–Kier alpha value is -1.84. The molecule has 1 aromatic carbocycles. The number of hydrogen-bond donors (Lipinski definition) is 0. The van der Waals surface area contributed by atoms with Gasteiger partial charge in [0.1, 0.15) is 11.5 Å². The molecule has 0 aliphatic carbocycles. The molecule has 8 nitrogen and oxygen atoms in total. The number of carbonyl (C=O) groups excluding carboxylic acids is 1. The van der Waals surface area contributed by atoms with Gasteiger partial charge in [0.05, 0.1) is 20.5 Å². The van der Waals surface area contributed by atoms with Gasteiger partial charge in [0.2, 0.25) is 10.0 Å². The minimum Gasteiger partial charge on any atom is -0.497 e. The number of piperidine rings is 1. The molecule has 2 aliphatic heterocycles. The minimum absolute atomic E-state index is 0.0734. The molecule has 29 heavy (non-hydrogen) atoms. The maximum atomic E-state index is 13.2. The van der Waals surface area contributed by atoms with Crippen molar-refractivity contribution in [1.82, 2.24) is 9.21 Å². The molecule has 0 radical (unpaired) electrons. The highest BCUT2D eigenvalue weighted by Crippen LogP contribution is 2.28. The first-order chi connectivity index (χ1) is 13.8. The predicted molar refractivity (Wildman–Crippen MR) is 109 cm³/mol. The molecule has 3 rings (SSSR count). The Bertz CT molecular complexity index is 800. The molecule has 0 bridgehead atoms. The summed E-state index contributed by atoms with van der Waals surface area (Å²) >= 11 is 0. The van der Waals surface area contributed by atoms with Crippen molar-refractivity contribution in [1.29, 1.82) is 0 Å². The summed E-state index contributed by atoms with van der Waals surface area (Å²) in [5, 5.41) is 0. The molecule has 0 spiro atoms. The average Bonchev–Trinajstić information content (AvgIpc) is 2.73. The van der Waals surface area contributed by atoms with Crippen molar-refractivity contribution in [2.24, 2.45) is 0 Å². The van der Waals surface area contributed by atoms with Crippen LogP contribution in [0, 0.1) is 0 Å². The fourth-order valence-electron chi connectivity index (χ4n) is 4.24. The zero-order valence-corrected chi connectivity index (χ0v) is 18.1. The number of ether oxygens (including phenoxy) is 3. The Labute approximate surface area is 172 Å². The van der Waals surface area contributed by atoms with Crippen molar-refractivity contribution >= 4 is 15.9 Å². The second-order valence-corrected chi connectivity index (χ2v) is 9.47. The zero-order valence-electron chi connectivity index (χ0n) is 17.3. The number of rotatable bonds is 6. The van der Waals surface area contributed by atoms with Crippen LogP contribution in [-0.2, 0) is 14.8 Å². The lowest BCUT2D eigenvalue weighted by Gasteiger charge is -2.42. The van der Waals surface area contributed by atoms with Crippen molar-refractivity contribution in [2.45, 2.75) is 37.8 Å². The topological polar surface area (TPSA) is 85.4 Å². The summed E-state index contributed by atoms with van der Waals surface area (Å²) in [5.74, 6) is 0.940. The first-order valence-electron chi connectivity index (χ1n) is 9.92. The number of amides is 1. The van der Waals surface area contributed by atoms with Gasteiger partial charge in [-0.05, 0) is 37.8 Å². The van der Waals surface area contributed by atoms with Crippen molar-refractivity contribution in [3.63, 3.8) is 0 Å². The van der Waals surface area contributed by atoms with E-state index in [9.17, 15) is 13.2 Å². The molecule has 2 saturated heterocycles. The summed E-state index contributed by atoms with van der Waals surface area (Å²) in [5.41, 5.74) is 0.471. The van der Waals surface area contributed by atoms with Crippen LogP contribution in [0.1, 0.15) is 36.0 Å². The van der Waals surface area contributed by atoms with E-state index < -0.39 is 10.0 Å². The van der Waals surface area contributed by atoms with E-state index in [4.69, 9.17) is 14.2 Å². The van der Waals surface area contributed by atoms with Crippen LogP contribution in [0.25, 0.3) is 0 Å². The van der Waals surface area contributed by atoms with Gasteiger partial charge < -0.3 is 19.1 Å². The van der Waals surface area contributed by atoms with E-state index in [0.717, 1.165) is 12.8 Å². The minimum atomic E-state index is -3.40. The van der Waals surface area contributed by atoms with Crippen LogP contribution in [0.3, 0.4) is 0 Å². The van der Waals surface area contributed by atoms with Crippen LogP contribution in [0.2, 0.25) is 0 Å². The molecule has 1 unspecified atom stereocenters. The third kappa shape index (κ3) is 5.21. The molecule has 1 amide bonds. The largest absolute Gasteiger partial charge is 0.497 e. The van der Waals surface area contributed by atoms with Crippen molar-refractivity contribution in [2.75, 3.05) is 46.8 Å². The summed E-state index contributed by atoms with van der Waals surface area (Å²) in [6.07, 6.45) is 4.13. The average molecular weight is 427 g/mol. The summed E-state index contributed by atoms with van der Waals surface area (Å²) in [6.45, 7) is 2.11. The van der Waals surface area contributed by atoms with Gasteiger partial charge in [0.25, 0.3) is 5.91 Å². The van der Waals surface area contributed by atoms with Gasteiger partial charge in [0, 0.05) is 50.0 Å². The molecule has 2 aliphatic rings. The van der Waals surface area contributed by atoms with E-state index in [-0.39, 0.29) is 18.0 Å². The van der Waals surface area contributed by atoms with E-state index in [2.05, 4.69) is 0 Å². The molecule has 0 saturated carbocycles. The molecule has 162 valence electrons. The number of sulfonamides is 1. The third-order valence-electron chi connectivity index (χ3n) is 5.58. The highest BCUT2D eigenvalue weighted by atomic mass is 32.2. The summed E-state index contributed by atoms with van der Waals surface area (Å²) < 4.78 is 42.7. The van der Waals surface area contributed by atoms with Gasteiger partial charge in [-0.15, -0.1) is 0 Å². The van der Waals surface area contributed by atoms with Crippen LogP contribution < -0.4 is 9.47 Å². The molecule has 2 heterocycles. The fourth-order valence-corrected chi connectivity index (χ4v) is 5.71. The molecular formula is C20H30N2O6S. The molecule has 0 N–H and O–H groups in total. The van der Waals surface area contributed by atoms with E-state index in [1.807, 2.05) is 0 Å². The molecule has 2 fully saturated rings. The number of benzene rings is 1. The van der Waals surface area contributed by atoms with Crippen LogP contribution in [0.5, 0.6) is 11.5 Å². The Morgan fingerprint density at radius 1 is 1.07 bits per heavy atom. The summed E-state index contributed by atoms with van der Waals surface area (Å²) in [4.78, 5) is 14.9. The number of nitrogens with zero attached hydrogens (tertiary/aromatic N) is 2. The van der Waals surface area contributed by atoms with Gasteiger partial charge >= 0.3 is 0 Å². The molecular weight excluding hydrogens is 396 g/mol. The number of carbonyl (C=O) groups is 1. The molecule has 1 aromatic rings. The quantitative estimate of drug-likeness (QED) is 0.689. The van der Waals surface area contributed by atoms with E-state index >= 15 is 0 Å². The van der Waals surface area contributed by atoms with Gasteiger partial charge in [-0.3, -0.25) is 4.79 Å². The normalized spacial score (nSPS) is 21.2. The zero-order chi connectivity index (χ0) is 21.0. The lowest BCUT2D eigenvalue weighted by molar-refractivity contribution is 0.0342. The predicted octanol–water partition coefficient (Wildman–Crippen LogP) is 1.75. The Morgan fingerprint density at radius 3 is 2.24 bits per heavy atom. The second kappa shape index (κ2) is 9.32. The van der Waals surface area contributed by atoms with E-state index in [0.29, 0.717) is 56.2 Å². The van der Waals surface area contributed by atoms with Crippen molar-refractivity contribution in [3.05, 3.63) is 23.8 Å². The maximum absolute atomic E-state index is 13.2. The first-order valence-corrected chi connectivity index (χ1v) is 11.8. The van der Waals surface area contributed by atoms with Gasteiger partial charge in [-0.1, -0.05) is 0 Å². The van der Waals surface area contributed by atoms with Crippen LogP contribution in [-0.4, -0.2) is 82.4 Å². The van der Waals surface area contributed by atoms with Crippen LogP contribution >= 0.6 is 0 Å². The maximum Gasteiger partial charge on any atom is 0.254 e. The third-order valence-corrected chi connectivity index (χ3v) is 6.94. The lowest BCUT2D eigenvalue weighted by Crippen LogP contribution is -2.55. The number of likely N-dealkylation sites (tertiary alicyclic amines) is 1. The lowest BCUT2D eigenvalue weighted by atomic mass is 10.0. The fraction of sp³-hybridized carbons (Fsp3) is 0.650. The number of hydrogen-bond acceptors (Lipinski definition) is 6. The smallest absolute Gasteiger partial charge is 0.254 e. The highest BCUT2D eigenvalue weighted by Gasteiger charge is 2.38. The molecule has 9 heteroatoms. The summed E-state index contributed by atoms with van der Waals surface area (Å²) in [6, 6.07) is 4.78. The van der Waals surface area contributed by atoms with Gasteiger partial charge in [-0.2, -0.15) is 4.31 Å². The first kappa shape index (κ1) is 21.9. The molecule has 0 aromatic heterocycles. The highest BCUT2D eigenvalue weighted by molar-refractivity contribution is 7.88. The Kier molecular flexibility index (Phi) is 7.02. The SMILES string of the molecule is COc1cc(OC)cc(C(=O)N2CCCC(N(C3CCOCC3)S(C)(=O)=O)C2)c1. The Morgan fingerprint density at radius 2 is 1.69 bits per heavy atom. The van der Waals surface area contributed by atoms with Crippen molar-refractivity contribution in [3.8, 4) is 11.5 Å². The van der Waals surface area contributed by atoms with E-state index in [1.165, 1.54) is 20.5 Å². The van der Waals surface area contributed by atoms with E-state index in [1.54, 1.807) is 27.4 Å². The van der Waals surface area contributed by atoms with Gasteiger partial charge in [0.15, 0.2) is 0 Å². The standard InChI is InChI=1S/C20H30N2O6S/c1-26-18-11-15(12-19(13-18)27-2)20(23)21-8-4-5-17(14-21)22(29(3,24)25)16-6-9-28-10-7-16/h11-13,16-17H,4-10,14H2,1-3H3. The van der Waals surface area contributed by atoms with Gasteiger partial charge in [-0.25, -0.2) is 8.42 Å². The van der Waals surface area contributed by atoms with Crippen LogP contribution in [0.15, 0.2) is 18.2 Å². The Balaban J connectivity index is 1.81. The molecule has 1 atom stereocenters.